The summed E-state index contributed by atoms with van der Waals surface area (Å²) in [6, 6.07) is 0. The minimum absolute atomic E-state index is 0.00758. The number of aromatic nitrogens is 4. The van der Waals surface area contributed by atoms with Crippen LogP contribution in [-0.4, -0.2) is 55.9 Å². The highest BCUT2D eigenvalue weighted by Gasteiger charge is 2.35. The Kier molecular flexibility index (Phi) is 20.5. The van der Waals surface area contributed by atoms with Crippen molar-refractivity contribution in [1.82, 2.24) is 19.5 Å². The summed E-state index contributed by atoms with van der Waals surface area (Å²) >= 11 is 1.94. The molecule has 1 fully saturated rings. The van der Waals surface area contributed by atoms with Gasteiger partial charge in [-0.3, -0.25) is 23.4 Å². The molecule has 2 aromatic rings. The number of anilines is 1. The topological polar surface area (TPSA) is 153 Å². The van der Waals surface area contributed by atoms with Crippen LogP contribution in [0.5, 0.6) is 0 Å². The van der Waals surface area contributed by atoms with E-state index in [9.17, 15) is 9.36 Å². The van der Waals surface area contributed by atoms with E-state index in [0.29, 0.717) is 24.9 Å². The molecule has 1 aliphatic heterocycles. The molecule has 0 spiro atoms. The van der Waals surface area contributed by atoms with Gasteiger partial charge in [-0.15, -0.1) is 4.67 Å². The zero-order valence-electron chi connectivity index (χ0n) is 30.6. The van der Waals surface area contributed by atoms with Crippen molar-refractivity contribution in [3.63, 3.8) is 0 Å². The first kappa shape index (κ1) is 41.9. The maximum Gasteiger partial charge on any atom is 0.502 e. The van der Waals surface area contributed by atoms with E-state index < -0.39 is 19.6 Å². The molecular weight excluding hydrogens is 665 g/mol. The minimum Gasteiger partial charge on any atom is -0.369 e. The predicted octanol–water partition coefficient (Wildman–Crippen LogP) is 9.65. The number of H-pyrrole nitrogens is 1. The number of aromatic amines is 1. The highest BCUT2D eigenvalue weighted by molar-refractivity contribution is 7.99. The Bertz CT molecular complexity index is 1280. The van der Waals surface area contributed by atoms with Crippen molar-refractivity contribution < 1.29 is 27.9 Å². The zero-order chi connectivity index (χ0) is 35.3. The van der Waals surface area contributed by atoms with Gasteiger partial charge in [0.15, 0.2) is 11.2 Å². The summed E-state index contributed by atoms with van der Waals surface area (Å²) in [6.07, 6.45) is 22.6. The molecule has 2 aromatic heterocycles. The molecule has 0 radical (unpaired) electrons. The normalized spacial score (nSPS) is 19.0. The number of phosphoric ester groups is 1. The van der Waals surface area contributed by atoms with Crippen LogP contribution < -0.4 is 11.3 Å². The van der Waals surface area contributed by atoms with Crippen molar-refractivity contribution in [3.05, 3.63) is 16.7 Å². The molecule has 14 heteroatoms. The number of fused-ring (bicyclic) bond motifs is 1. The second-order valence-corrected chi connectivity index (χ2v) is 16.2. The van der Waals surface area contributed by atoms with Crippen LogP contribution in [-0.2, 0) is 27.9 Å². The van der Waals surface area contributed by atoms with E-state index in [4.69, 9.17) is 29.1 Å². The number of hydrogen-bond acceptors (Lipinski definition) is 11. The van der Waals surface area contributed by atoms with Crippen molar-refractivity contribution >= 4 is 36.7 Å². The smallest absolute Gasteiger partial charge is 0.369 e. The molecule has 3 unspecified atom stereocenters. The van der Waals surface area contributed by atoms with Crippen LogP contribution in [0.2, 0.25) is 0 Å². The number of hydrogen-bond donors (Lipinski definition) is 2. The molecule has 0 amide bonds. The summed E-state index contributed by atoms with van der Waals surface area (Å²) in [5, 5.41) is 0.221. The van der Waals surface area contributed by atoms with Gasteiger partial charge >= 0.3 is 7.82 Å². The molecule has 0 aliphatic carbocycles. The van der Waals surface area contributed by atoms with Crippen LogP contribution in [0.25, 0.3) is 11.2 Å². The number of rotatable bonds is 29. The average Bonchev–Trinajstić information content (AvgIpc) is 3.74. The van der Waals surface area contributed by atoms with E-state index in [0.717, 1.165) is 18.6 Å². The van der Waals surface area contributed by atoms with E-state index >= 15 is 0 Å². The van der Waals surface area contributed by atoms with Crippen molar-refractivity contribution in [1.29, 1.82) is 0 Å². The molecule has 3 N–H and O–H groups in total. The third kappa shape index (κ3) is 15.3. The fourth-order valence-corrected chi connectivity index (χ4v) is 8.52. The fourth-order valence-electron chi connectivity index (χ4n) is 6.03. The number of nitrogens with one attached hydrogen (secondary N) is 1. The number of thioether (sulfide) groups is 1. The molecule has 1 aliphatic rings. The summed E-state index contributed by atoms with van der Waals surface area (Å²) in [7, 11) is -4.02. The van der Waals surface area contributed by atoms with Crippen LogP contribution in [0.1, 0.15) is 156 Å². The molecule has 0 bridgehead atoms. The van der Waals surface area contributed by atoms with Crippen LogP contribution in [0.15, 0.2) is 11.1 Å². The quantitative estimate of drug-likeness (QED) is 0.0356. The second-order valence-electron chi connectivity index (χ2n) is 13.3. The monoisotopic (exact) mass is 729 g/mol. The van der Waals surface area contributed by atoms with Gasteiger partial charge in [-0.25, -0.2) is 14.4 Å². The Labute approximate surface area is 298 Å². The Balaban J connectivity index is 1.47. The Morgan fingerprint density at radius 3 is 2.29 bits per heavy atom. The molecule has 5 atom stereocenters. The first-order valence-corrected chi connectivity index (χ1v) is 21.5. The lowest BCUT2D eigenvalue weighted by molar-refractivity contribution is -0.257. The molecule has 12 nitrogen and oxygen atoms in total. The van der Waals surface area contributed by atoms with Crippen LogP contribution in [0.3, 0.4) is 0 Å². The van der Waals surface area contributed by atoms with E-state index in [-0.39, 0.29) is 42.1 Å². The molecule has 0 saturated carbocycles. The average molecular weight is 730 g/mol. The number of nitrogen functional groups attached to an aromatic ring is 1. The number of phosphoric acid groups is 1. The van der Waals surface area contributed by atoms with Gasteiger partial charge in [-0.1, -0.05) is 111 Å². The standard InChI is InChI=1S/C35H64N5O7PS/c1-5-8-10-12-13-14-15-16-18-20-25-49-30(21-19-17-11-9-6-2)28(4)46-47-48(42,43-24-7-3)44-26-29-22-23-31(45-29)40-27-37-32-33(40)38-35(36)39-34(32)41/h27-31H,5-26H2,1-4H3,(H3,36,38,39,41)/t28?,29-,30?,31+,48?/m0/s1. The van der Waals surface area contributed by atoms with Gasteiger partial charge in [0.25, 0.3) is 5.56 Å². The molecule has 3 rings (SSSR count). The van der Waals surface area contributed by atoms with Gasteiger partial charge in [0.2, 0.25) is 5.95 Å². The zero-order valence-corrected chi connectivity index (χ0v) is 32.3. The lowest BCUT2D eigenvalue weighted by Crippen LogP contribution is -2.24. The van der Waals surface area contributed by atoms with E-state index in [1.165, 1.54) is 96.2 Å². The van der Waals surface area contributed by atoms with Gasteiger partial charge in [0.1, 0.15) is 12.3 Å². The lowest BCUT2D eigenvalue weighted by atomic mass is 10.1. The van der Waals surface area contributed by atoms with Crippen LogP contribution in [0.4, 0.5) is 5.95 Å². The number of ether oxygens (including phenoxy) is 1. The van der Waals surface area contributed by atoms with Gasteiger partial charge < -0.3 is 10.5 Å². The third-order valence-electron chi connectivity index (χ3n) is 8.95. The summed E-state index contributed by atoms with van der Waals surface area (Å²) in [4.78, 5) is 28.9. The number of nitrogens with two attached hydrogens (primary N) is 1. The second kappa shape index (κ2) is 23.9. The lowest BCUT2D eigenvalue weighted by Gasteiger charge is -2.25. The summed E-state index contributed by atoms with van der Waals surface area (Å²) in [5.41, 5.74) is 5.88. The van der Waals surface area contributed by atoms with Crippen molar-refractivity contribution in [2.75, 3.05) is 24.7 Å². The molecule has 282 valence electrons. The van der Waals surface area contributed by atoms with Gasteiger partial charge in [0.05, 0.1) is 25.6 Å². The maximum absolute atomic E-state index is 13.7. The Hall–Kier alpha value is -1.47. The van der Waals surface area contributed by atoms with Crippen molar-refractivity contribution in [2.24, 2.45) is 0 Å². The van der Waals surface area contributed by atoms with E-state index in [1.54, 1.807) is 4.57 Å². The predicted molar refractivity (Wildman–Crippen MR) is 199 cm³/mol. The SMILES string of the molecule is CCCCCCCCCCCCSC(CCCCCCC)C(C)OOP(=O)(OCCC)OC[C@@H]1CC[C@H](n2cnc3c(=O)[nH]c(N)nc32)O1. The Morgan fingerprint density at radius 1 is 0.959 bits per heavy atom. The van der Waals surface area contributed by atoms with Crippen LogP contribution >= 0.6 is 19.6 Å². The molecule has 1 saturated heterocycles. The molecule has 0 aromatic carbocycles. The first-order valence-electron chi connectivity index (χ1n) is 19.0. The van der Waals surface area contributed by atoms with Crippen molar-refractivity contribution in [3.8, 4) is 0 Å². The Morgan fingerprint density at radius 2 is 1.61 bits per heavy atom. The summed E-state index contributed by atoms with van der Waals surface area (Å²) in [5.74, 6) is 1.08. The van der Waals surface area contributed by atoms with Crippen LogP contribution in [0, 0.1) is 0 Å². The maximum atomic E-state index is 13.7. The summed E-state index contributed by atoms with van der Waals surface area (Å²) in [6.45, 7) is 8.61. The highest BCUT2D eigenvalue weighted by atomic mass is 32.2. The van der Waals surface area contributed by atoms with Gasteiger partial charge in [-0.05, 0) is 44.8 Å². The van der Waals surface area contributed by atoms with E-state index in [1.807, 2.05) is 25.6 Å². The number of nitrogens with zero attached hydrogens (tertiary/aromatic N) is 3. The molecular formula is C35H64N5O7PS. The first-order chi connectivity index (χ1) is 23.8. The third-order valence-corrected chi connectivity index (χ3v) is 11.8. The molecule has 3 heterocycles. The largest absolute Gasteiger partial charge is 0.502 e. The number of unbranched alkanes of at least 4 members (excludes halogenated alkanes) is 13. The fraction of sp³-hybridized carbons (Fsp3) is 0.857. The minimum atomic E-state index is -4.02. The highest BCUT2D eigenvalue weighted by Crippen LogP contribution is 2.51. The number of imidazole rings is 1. The molecule has 49 heavy (non-hydrogen) atoms. The van der Waals surface area contributed by atoms with Gasteiger partial charge in [-0.2, -0.15) is 16.7 Å². The van der Waals surface area contributed by atoms with E-state index in [2.05, 4.69) is 28.8 Å². The van der Waals surface area contributed by atoms with Crippen molar-refractivity contribution in [2.45, 2.75) is 173 Å². The van der Waals surface area contributed by atoms with Gasteiger partial charge in [0, 0.05) is 5.25 Å². The summed E-state index contributed by atoms with van der Waals surface area (Å²) < 4.78 is 38.4.